The number of hydrogen-bond donors (Lipinski definition) is 2. The van der Waals surface area contributed by atoms with Crippen LogP contribution in [0.2, 0.25) is 0 Å². The molecule has 0 spiro atoms. The summed E-state index contributed by atoms with van der Waals surface area (Å²) in [4.78, 5) is 23.5. The van der Waals surface area contributed by atoms with E-state index >= 15 is 0 Å². The molecule has 0 aliphatic heterocycles. The number of nitrogens with one attached hydrogen (secondary N) is 1. The molecule has 1 atom stereocenters. The van der Waals surface area contributed by atoms with E-state index in [-0.39, 0.29) is 11.2 Å². The van der Waals surface area contributed by atoms with Crippen LogP contribution in [0.4, 0.5) is 5.69 Å². The lowest BCUT2D eigenvalue weighted by atomic mass is 10.2. The fourth-order valence-corrected chi connectivity index (χ4v) is 3.24. The van der Waals surface area contributed by atoms with Gasteiger partial charge in [0.15, 0.2) is 11.0 Å². The summed E-state index contributed by atoms with van der Waals surface area (Å²) >= 11 is 1.32. The van der Waals surface area contributed by atoms with Crippen LogP contribution in [0.1, 0.15) is 17.3 Å². The van der Waals surface area contributed by atoms with Crippen LogP contribution in [-0.4, -0.2) is 31.8 Å². The van der Waals surface area contributed by atoms with Gasteiger partial charge in [-0.3, -0.25) is 9.59 Å². The van der Waals surface area contributed by atoms with E-state index in [2.05, 4.69) is 15.5 Å². The molecule has 0 unspecified atom stereocenters. The van der Waals surface area contributed by atoms with Gasteiger partial charge in [0.2, 0.25) is 11.8 Å². The number of hydrogen-bond acceptors (Lipinski definition) is 5. The number of carbonyl (C=O) groups is 2. The van der Waals surface area contributed by atoms with Crippen molar-refractivity contribution in [2.75, 3.05) is 5.32 Å². The van der Waals surface area contributed by atoms with Gasteiger partial charge >= 0.3 is 0 Å². The summed E-state index contributed by atoms with van der Waals surface area (Å²) in [7, 11) is 1.87. The largest absolute Gasteiger partial charge is 0.366 e. The molecule has 27 heavy (non-hydrogen) atoms. The Morgan fingerprint density at radius 1 is 1.07 bits per heavy atom. The summed E-state index contributed by atoms with van der Waals surface area (Å²) < 4.78 is 1.87. The van der Waals surface area contributed by atoms with E-state index in [1.54, 1.807) is 31.2 Å². The molecule has 2 aromatic carbocycles. The maximum Gasteiger partial charge on any atom is 0.248 e. The van der Waals surface area contributed by atoms with Crippen molar-refractivity contribution in [3.63, 3.8) is 0 Å². The summed E-state index contributed by atoms with van der Waals surface area (Å²) in [5, 5.41) is 11.5. The van der Waals surface area contributed by atoms with Crippen LogP contribution in [0.5, 0.6) is 0 Å². The Morgan fingerprint density at radius 2 is 1.74 bits per heavy atom. The molecule has 0 aliphatic carbocycles. The molecule has 8 heteroatoms. The number of amides is 2. The fraction of sp³-hybridized carbons (Fsp3) is 0.158. The van der Waals surface area contributed by atoms with Gasteiger partial charge in [-0.05, 0) is 31.2 Å². The first-order valence-electron chi connectivity index (χ1n) is 8.28. The van der Waals surface area contributed by atoms with E-state index in [0.717, 1.165) is 11.4 Å². The van der Waals surface area contributed by atoms with E-state index in [9.17, 15) is 9.59 Å². The zero-order valence-corrected chi connectivity index (χ0v) is 15.7. The second kappa shape index (κ2) is 8.05. The Labute approximate surface area is 161 Å². The van der Waals surface area contributed by atoms with Gasteiger partial charge in [0.1, 0.15) is 0 Å². The first-order valence-corrected chi connectivity index (χ1v) is 9.16. The highest BCUT2D eigenvalue weighted by molar-refractivity contribution is 8.00. The molecule has 0 bridgehead atoms. The van der Waals surface area contributed by atoms with Crippen molar-refractivity contribution >= 4 is 29.3 Å². The lowest BCUT2D eigenvalue weighted by Gasteiger charge is -2.12. The summed E-state index contributed by atoms with van der Waals surface area (Å²) in [5.74, 6) is 0.0668. The Balaban J connectivity index is 1.66. The monoisotopic (exact) mass is 381 g/mol. The molecular weight excluding hydrogens is 362 g/mol. The zero-order valence-electron chi connectivity index (χ0n) is 14.9. The molecule has 2 amide bonds. The average molecular weight is 381 g/mol. The van der Waals surface area contributed by atoms with E-state index < -0.39 is 5.91 Å². The summed E-state index contributed by atoms with van der Waals surface area (Å²) in [6.45, 7) is 1.80. The van der Waals surface area contributed by atoms with Gasteiger partial charge in [-0.15, -0.1) is 10.2 Å². The number of rotatable bonds is 6. The summed E-state index contributed by atoms with van der Waals surface area (Å²) in [5.41, 5.74) is 7.17. The minimum absolute atomic E-state index is 0.170. The first-order chi connectivity index (χ1) is 13.0. The van der Waals surface area contributed by atoms with Gasteiger partial charge in [0, 0.05) is 23.9 Å². The van der Waals surface area contributed by atoms with Gasteiger partial charge in [0.25, 0.3) is 0 Å². The SMILES string of the molecule is C[C@H](Sc1nnc(-c2ccccc2)n1C)C(=O)Nc1ccc(C(N)=O)cc1. The number of anilines is 1. The predicted molar refractivity (Wildman–Crippen MR) is 105 cm³/mol. The topological polar surface area (TPSA) is 103 Å². The Bertz CT molecular complexity index is 954. The van der Waals surface area contributed by atoms with Crippen LogP contribution in [0, 0.1) is 0 Å². The third kappa shape index (κ3) is 4.35. The van der Waals surface area contributed by atoms with E-state index in [1.807, 2.05) is 41.9 Å². The van der Waals surface area contributed by atoms with Crippen molar-refractivity contribution in [2.45, 2.75) is 17.3 Å². The van der Waals surface area contributed by atoms with Crippen molar-refractivity contribution < 1.29 is 9.59 Å². The third-order valence-corrected chi connectivity index (χ3v) is 5.09. The van der Waals surface area contributed by atoms with Gasteiger partial charge in [0.05, 0.1) is 5.25 Å². The molecule has 138 valence electrons. The molecule has 3 N–H and O–H groups in total. The number of primary amides is 1. The van der Waals surface area contributed by atoms with Gasteiger partial charge < -0.3 is 15.6 Å². The van der Waals surface area contributed by atoms with Crippen molar-refractivity contribution in [1.82, 2.24) is 14.8 Å². The van der Waals surface area contributed by atoms with Crippen molar-refractivity contribution in [2.24, 2.45) is 12.8 Å². The second-order valence-corrected chi connectivity index (χ2v) is 7.23. The molecule has 0 fully saturated rings. The van der Waals surface area contributed by atoms with Crippen LogP contribution in [0.25, 0.3) is 11.4 Å². The Hall–Kier alpha value is -3.13. The summed E-state index contributed by atoms with van der Waals surface area (Å²) in [6.07, 6.45) is 0. The standard InChI is InChI=1S/C19H19N5O2S/c1-12(18(26)21-15-10-8-13(9-11-15)16(20)25)27-19-23-22-17(24(19)2)14-6-4-3-5-7-14/h3-12H,1-2H3,(H2,20,25)(H,21,26)/t12-/m0/s1. The maximum atomic E-state index is 12.4. The summed E-state index contributed by atoms with van der Waals surface area (Å²) in [6, 6.07) is 16.2. The molecular formula is C19H19N5O2S. The normalized spacial score (nSPS) is 11.8. The predicted octanol–water partition coefficient (Wildman–Crippen LogP) is 2.70. The minimum atomic E-state index is -0.506. The molecule has 3 rings (SSSR count). The second-order valence-electron chi connectivity index (χ2n) is 5.92. The van der Waals surface area contributed by atoms with E-state index in [0.29, 0.717) is 16.4 Å². The van der Waals surface area contributed by atoms with Crippen molar-refractivity contribution in [1.29, 1.82) is 0 Å². The lowest BCUT2D eigenvalue weighted by Crippen LogP contribution is -2.23. The van der Waals surface area contributed by atoms with Crippen LogP contribution >= 0.6 is 11.8 Å². The molecule has 7 nitrogen and oxygen atoms in total. The molecule has 0 saturated carbocycles. The molecule has 0 radical (unpaired) electrons. The Morgan fingerprint density at radius 3 is 2.37 bits per heavy atom. The third-order valence-electron chi connectivity index (χ3n) is 3.96. The van der Waals surface area contributed by atoms with Crippen LogP contribution < -0.4 is 11.1 Å². The van der Waals surface area contributed by atoms with Gasteiger partial charge in [-0.25, -0.2) is 0 Å². The lowest BCUT2D eigenvalue weighted by molar-refractivity contribution is -0.115. The fourth-order valence-electron chi connectivity index (χ4n) is 2.43. The smallest absolute Gasteiger partial charge is 0.248 e. The van der Waals surface area contributed by atoms with Crippen molar-refractivity contribution in [3.8, 4) is 11.4 Å². The number of nitrogens with zero attached hydrogens (tertiary/aromatic N) is 3. The molecule has 0 saturated heterocycles. The molecule has 0 aliphatic rings. The highest BCUT2D eigenvalue weighted by Gasteiger charge is 2.19. The highest BCUT2D eigenvalue weighted by atomic mass is 32.2. The highest BCUT2D eigenvalue weighted by Crippen LogP contribution is 2.26. The number of carbonyl (C=O) groups excluding carboxylic acids is 2. The Kier molecular flexibility index (Phi) is 5.56. The number of aromatic nitrogens is 3. The van der Waals surface area contributed by atoms with E-state index in [1.165, 1.54) is 11.8 Å². The van der Waals surface area contributed by atoms with E-state index in [4.69, 9.17) is 5.73 Å². The maximum absolute atomic E-state index is 12.4. The van der Waals surface area contributed by atoms with Crippen molar-refractivity contribution in [3.05, 3.63) is 60.2 Å². The number of thioether (sulfide) groups is 1. The molecule has 1 aromatic heterocycles. The van der Waals surface area contributed by atoms with Gasteiger partial charge in [-0.1, -0.05) is 42.1 Å². The molecule has 3 aromatic rings. The average Bonchev–Trinajstić information content (AvgIpc) is 3.03. The number of nitrogens with two attached hydrogens (primary N) is 1. The van der Waals surface area contributed by atoms with Crippen LogP contribution in [0.15, 0.2) is 59.8 Å². The quantitative estimate of drug-likeness (QED) is 0.639. The minimum Gasteiger partial charge on any atom is -0.366 e. The zero-order chi connectivity index (χ0) is 19.4. The number of benzene rings is 2. The van der Waals surface area contributed by atoms with Crippen LogP contribution in [-0.2, 0) is 11.8 Å². The first kappa shape index (κ1) is 18.7. The van der Waals surface area contributed by atoms with Crippen LogP contribution in [0.3, 0.4) is 0 Å². The van der Waals surface area contributed by atoms with Gasteiger partial charge in [-0.2, -0.15) is 0 Å². The molecule has 1 heterocycles.